The van der Waals surface area contributed by atoms with Gasteiger partial charge in [0.1, 0.15) is 0 Å². The van der Waals surface area contributed by atoms with Gasteiger partial charge in [0.05, 0.1) is 25.4 Å². The lowest BCUT2D eigenvalue weighted by Gasteiger charge is -2.25. The summed E-state index contributed by atoms with van der Waals surface area (Å²) in [7, 11) is -3.61. The largest absolute Gasteiger partial charge is 0.389 e. The Morgan fingerprint density at radius 3 is 2.05 bits per heavy atom. The average Bonchev–Trinajstić information content (AvgIpc) is 2.57. The van der Waals surface area contributed by atoms with Crippen LogP contribution in [0.5, 0.6) is 0 Å². The van der Waals surface area contributed by atoms with Crippen molar-refractivity contribution in [2.24, 2.45) is 0 Å². The quantitative estimate of drug-likeness (QED) is 0.501. The Kier molecular flexibility index (Phi) is 8.78. The highest BCUT2D eigenvalue weighted by Crippen LogP contribution is 2.53. The number of rotatable bonds is 7. The fourth-order valence-corrected chi connectivity index (χ4v) is 3.83. The molecule has 0 bridgehead atoms. The van der Waals surface area contributed by atoms with E-state index in [9.17, 15) is 19.9 Å². The molecule has 0 saturated carbocycles. The van der Waals surface area contributed by atoms with E-state index in [0.717, 1.165) is 0 Å². The standard InChI is InChI=1S/C11H24NO6P.ClH/c1-4-17-19(16,18-5-2)9(13)6-8-11(15)10(14)7(3)12-8;/h7-15H,4-6H2,1-3H3;1H/t7-,8-,9-,10+,11-;/m0./s1. The first-order valence-corrected chi connectivity index (χ1v) is 8.16. The summed E-state index contributed by atoms with van der Waals surface area (Å²) in [5, 5.41) is 32.4. The van der Waals surface area contributed by atoms with Crippen LogP contribution in [0.15, 0.2) is 0 Å². The van der Waals surface area contributed by atoms with Crippen LogP contribution in [0.4, 0.5) is 0 Å². The first kappa shape index (κ1) is 20.3. The molecule has 0 radical (unpaired) electrons. The second kappa shape index (κ2) is 8.66. The van der Waals surface area contributed by atoms with Crippen molar-refractivity contribution in [2.45, 2.75) is 57.3 Å². The molecule has 0 unspecified atom stereocenters. The third kappa shape index (κ3) is 4.64. The summed E-state index contributed by atoms with van der Waals surface area (Å²) in [5.74, 6) is -1.34. The summed E-state index contributed by atoms with van der Waals surface area (Å²) in [5.41, 5.74) is 0. The van der Waals surface area contributed by atoms with Crippen LogP contribution in [0, 0.1) is 0 Å². The zero-order valence-corrected chi connectivity index (χ0v) is 13.6. The molecule has 0 aromatic rings. The SMILES string of the molecule is CCOP(=O)(OCC)[C@H](O)C[C@@H]1N[C@@H](C)[C@@H](O)[C@H]1O.Cl. The molecule has 5 atom stereocenters. The normalized spacial score (nSPS) is 31.9. The molecule has 4 N–H and O–H groups in total. The predicted octanol–water partition coefficient (Wildman–Crippen LogP) is 0.465. The molecule has 1 saturated heterocycles. The summed E-state index contributed by atoms with van der Waals surface area (Å²) >= 11 is 0. The van der Waals surface area contributed by atoms with E-state index in [2.05, 4.69) is 5.32 Å². The van der Waals surface area contributed by atoms with Gasteiger partial charge >= 0.3 is 7.60 Å². The van der Waals surface area contributed by atoms with Gasteiger partial charge in [-0.25, -0.2) is 0 Å². The minimum Gasteiger partial charge on any atom is -0.389 e. The first-order chi connectivity index (χ1) is 8.85. The molecule has 0 amide bonds. The second-order valence-electron chi connectivity index (χ2n) is 4.63. The lowest BCUT2D eigenvalue weighted by atomic mass is 10.1. The Hall–Kier alpha value is 0.280. The summed E-state index contributed by atoms with van der Waals surface area (Å²) in [4.78, 5) is 0. The highest BCUT2D eigenvalue weighted by Gasteiger charge is 2.43. The molecule has 0 aromatic carbocycles. The number of hydrogen-bond donors (Lipinski definition) is 4. The van der Waals surface area contributed by atoms with Gasteiger partial charge in [0.15, 0.2) is 5.85 Å². The maximum atomic E-state index is 12.3. The third-order valence-electron chi connectivity index (χ3n) is 3.20. The summed E-state index contributed by atoms with van der Waals surface area (Å²) in [6.07, 6.45) is -1.93. The predicted molar refractivity (Wildman–Crippen MR) is 77.1 cm³/mol. The van der Waals surface area contributed by atoms with Crippen LogP contribution in [0.1, 0.15) is 27.2 Å². The molecular formula is C11H25ClNO6P. The smallest absolute Gasteiger partial charge is 0.358 e. The maximum Gasteiger partial charge on any atom is 0.358 e. The fraction of sp³-hybridized carbons (Fsp3) is 1.00. The van der Waals surface area contributed by atoms with Crippen molar-refractivity contribution >= 4 is 20.0 Å². The van der Waals surface area contributed by atoms with E-state index in [4.69, 9.17) is 9.05 Å². The number of aliphatic hydroxyl groups is 3. The van der Waals surface area contributed by atoms with E-state index in [1.165, 1.54) is 0 Å². The first-order valence-electron chi connectivity index (χ1n) is 6.54. The lowest BCUT2D eigenvalue weighted by Crippen LogP contribution is -2.36. The van der Waals surface area contributed by atoms with E-state index < -0.39 is 31.7 Å². The van der Waals surface area contributed by atoms with Gasteiger partial charge in [-0.05, 0) is 20.8 Å². The fourth-order valence-electron chi connectivity index (χ4n) is 2.20. The molecule has 1 rings (SSSR count). The molecule has 0 spiro atoms. The number of aliphatic hydroxyl groups excluding tert-OH is 3. The van der Waals surface area contributed by atoms with Crippen molar-refractivity contribution in [1.29, 1.82) is 0 Å². The Bertz CT molecular complexity index is 324. The van der Waals surface area contributed by atoms with Gasteiger partial charge in [-0.3, -0.25) is 4.57 Å². The summed E-state index contributed by atoms with van der Waals surface area (Å²) < 4.78 is 22.4. The van der Waals surface area contributed by atoms with Crippen LogP contribution in [0.25, 0.3) is 0 Å². The number of nitrogens with one attached hydrogen (secondary N) is 1. The minimum absolute atomic E-state index is 0. The maximum absolute atomic E-state index is 12.3. The average molecular weight is 334 g/mol. The molecule has 1 fully saturated rings. The van der Waals surface area contributed by atoms with Gasteiger partial charge in [-0.2, -0.15) is 0 Å². The van der Waals surface area contributed by atoms with Crippen molar-refractivity contribution in [3.63, 3.8) is 0 Å². The Morgan fingerprint density at radius 1 is 1.20 bits per heavy atom. The second-order valence-corrected chi connectivity index (χ2v) is 6.83. The van der Waals surface area contributed by atoms with Crippen molar-refractivity contribution in [3.8, 4) is 0 Å². The molecule has 0 aliphatic carbocycles. The molecule has 1 heterocycles. The molecule has 9 heteroatoms. The minimum atomic E-state index is -3.61. The third-order valence-corrected chi connectivity index (χ3v) is 5.38. The van der Waals surface area contributed by atoms with Crippen molar-refractivity contribution in [2.75, 3.05) is 13.2 Å². The van der Waals surface area contributed by atoms with E-state index in [1.807, 2.05) is 0 Å². The van der Waals surface area contributed by atoms with Crippen LogP contribution in [0.2, 0.25) is 0 Å². The van der Waals surface area contributed by atoms with Gasteiger partial charge in [0, 0.05) is 18.5 Å². The van der Waals surface area contributed by atoms with Gasteiger partial charge in [0.25, 0.3) is 0 Å². The Morgan fingerprint density at radius 2 is 1.70 bits per heavy atom. The van der Waals surface area contributed by atoms with E-state index in [1.54, 1.807) is 20.8 Å². The van der Waals surface area contributed by atoms with Crippen LogP contribution in [0.3, 0.4) is 0 Å². The molecule has 20 heavy (non-hydrogen) atoms. The van der Waals surface area contributed by atoms with Gasteiger partial charge in [-0.15, -0.1) is 12.4 Å². The van der Waals surface area contributed by atoms with Gasteiger partial charge in [0.2, 0.25) is 0 Å². The summed E-state index contributed by atoms with van der Waals surface area (Å²) in [6.45, 7) is 5.37. The summed E-state index contributed by atoms with van der Waals surface area (Å²) in [6, 6.07) is -0.833. The van der Waals surface area contributed by atoms with Gasteiger partial charge < -0.3 is 29.7 Å². The number of hydrogen-bond acceptors (Lipinski definition) is 7. The molecule has 1 aliphatic heterocycles. The number of halogens is 1. The lowest BCUT2D eigenvalue weighted by molar-refractivity contribution is 0.0236. The van der Waals surface area contributed by atoms with E-state index in [0.29, 0.717) is 0 Å². The van der Waals surface area contributed by atoms with Crippen LogP contribution in [-0.4, -0.2) is 58.7 Å². The van der Waals surface area contributed by atoms with Crippen LogP contribution < -0.4 is 5.32 Å². The van der Waals surface area contributed by atoms with E-state index >= 15 is 0 Å². The van der Waals surface area contributed by atoms with Gasteiger partial charge in [-0.1, -0.05) is 0 Å². The zero-order chi connectivity index (χ0) is 14.6. The molecule has 1 aliphatic rings. The molecule has 122 valence electrons. The highest BCUT2D eigenvalue weighted by atomic mass is 35.5. The highest BCUT2D eigenvalue weighted by molar-refractivity contribution is 7.54. The topological polar surface area (TPSA) is 108 Å². The molecule has 7 nitrogen and oxygen atoms in total. The zero-order valence-electron chi connectivity index (χ0n) is 11.9. The molecular weight excluding hydrogens is 309 g/mol. The van der Waals surface area contributed by atoms with Crippen molar-refractivity contribution in [3.05, 3.63) is 0 Å². The van der Waals surface area contributed by atoms with E-state index in [-0.39, 0.29) is 38.1 Å². The van der Waals surface area contributed by atoms with Crippen molar-refractivity contribution in [1.82, 2.24) is 5.32 Å². The molecule has 0 aromatic heterocycles. The monoisotopic (exact) mass is 333 g/mol. The van der Waals surface area contributed by atoms with Crippen molar-refractivity contribution < 1.29 is 28.9 Å². The Balaban J connectivity index is 0.00000361. The Labute approximate surface area is 125 Å². The van der Waals surface area contributed by atoms with Crippen LogP contribution in [-0.2, 0) is 13.6 Å². The van der Waals surface area contributed by atoms with Crippen LogP contribution >= 0.6 is 20.0 Å².